The smallest absolute Gasteiger partial charge is 0.322 e. The van der Waals surface area contributed by atoms with Crippen LogP contribution in [0.4, 0.5) is 0 Å². The molecular formula is C20H30N4O6S. The first-order valence-electron chi connectivity index (χ1n) is 9.78. The number of nitrogens with two attached hydrogens (primary N) is 1. The van der Waals surface area contributed by atoms with Crippen LogP contribution in [-0.4, -0.2) is 64.3 Å². The molecule has 0 heterocycles. The Balaban J connectivity index is 2.89. The van der Waals surface area contributed by atoms with Crippen molar-refractivity contribution >= 4 is 36.3 Å². The molecule has 0 aromatic heterocycles. The van der Waals surface area contributed by atoms with E-state index >= 15 is 0 Å². The monoisotopic (exact) mass is 454 g/mol. The van der Waals surface area contributed by atoms with Gasteiger partial charge in [0.15, 0.2) is 0 Å². The number of aromatic hydroxyl groups is 1. The van der Waals surface area contributed by atoms with Crippen molar-refractivity contribution in [3.05, 3.63) is 29.8 Å². The molecule has 0 saturated heterocycles. The molecule has 0 bridgehead atoms. The maximum atomic E-state index is 12.7. The zero-order chi connectivity index (χ0) is 23.6. The lowest BCUT2D eigenvalue weighted by atomic mass is 10.0. The molecule has 0 saturated carbocycles. The highest BCUT2D eigenvalue weighted by molar-refractivity contribution is 7.80. The summed E-state index contributed by atoms with van der Waals surface area (Å²) in [5.74, 6) is -2.91. The molecular weight excluding hydrogens is 424 g/mol. The van der Waals surface area contributed by atoms with E-state index in [0.29, 0.717) is 12.0 Å². The minimum Gasteiger partial charge on any atom is -0.508 e. The molecule has 1 aromatic rings. The SMILES string of the molecule is CC(C)CC(N)C(=O)NC(CS)C(=O)NC(Cc1ccc(O)cc1)C(=O)NCC(=O)O. The van der Waals surface area contributed by atoms with Crippen LogP contribution in [0.25, 0.3) is 0 Å². The number of nitrogens with one attached hydrogen (secondary N) is 3. The Morgan fingerprint density at radius 2 is 1.58 bits per heavy atom. The molecule has 10 nitrogen and oxygen atoms in total. The van der Waals surface area contributed by atoms with Gasteiger partial charge >= 0.3 is 5.97 Å². The molecule has 3 unspecified atom stereocenters. The molecule has 0 spiro atoms. The van der Waals surface area contributed by atoms with E-state index < -0.39 is 48.4 Å². The average Bonchev–Trinajstić information content (AvgIpc) is 2.70. The Kier molecular flexibility index (Phi) is 10.8. The number of amides is 3. The predicted molar refractivity (Wildman–Crippen MR) is 118 cm³/mol. The van der Waals surface area contributed by atoms with Crippen LogP contribution in [0.1, 0.15) is 25.8 Å². The largest absolute Gasteiger partial charge is 0.508 e. The third kappa shape index (κ3) is 9.71. The Morgan fingerprint density at radius 1 is 1.00 bits per heavy atom. The van der Waals surface area contributed by atoms with E-state index in [9.17, 15) is 24.3 Å². The highest BCUT2D eigenvalue weighted by Crippen LogP contribution is 2.12. The molecule has 1 aromatic carbocycles. The number of phenols is 1. The first kappa shape index (κ1) is 26.2. The molecule has 0 aliphatic carbocycles. The van der Waals surface area contributed by atoms with Gasteiger partial charge in [0.25, 0.3) is 0 Å². The minimum atomic E-state index is -1.23. The summed E-state index contributed by atoms with van der Waals surface area (Å²) in [6.45, 7) is 3.22. The summed E-state index contributed by atoms with van der Waals surface area (Å²) in [4.78, 5) is 48.2. The van der Waals surface area contributed by atoms with Gasteiger partial charge in [0.2, 0.25) is 17.7 Å². The van der Waals surface area contributed by atoms with E-state index in [0.717, 1.165) is 0 Å². The molecule has 0 fully saturated rings. The van der Waals surface area contributed by atoms with Crippen LogP contribution >= 0.6 is 12.6 Å². The summed E-state index contributed by atoms with van der Waals surface area (Å²) in [6, 6.07) is 3.06. The second kappa shape index (κ2) is 12.8. The third-order valence-electron chi connectivity index (χ3n) is 4.30. The van der Waals surface area contributed by atoms with E-state index in [1.54, 1.807) is 12.1 Å². The number of aliphatic carboxylic acids is 1. The lowest BCUT2D eigenvalue weighted by molar-refractivity contribution is -0.138. The summed E-state index contributed by atoms with van der Waals surface area (Å²) in [5.41, 5.74) is 6.47. The lowest BCUT2D eigenvalue weighted by Gasteiger charge is -2.23. The van der Waals surface area contributed by atoms with Crippen molar-refractivity contribution in [2.45, 2.75) is 44.8 Å². The van der Waals surface area contributed by atoms with Gasteiger partial charge in [-0.1, -0.05) is 26.0 Å². The van der Waals surface area contributed by atoms with Gasteiger partial charge in [0, 0.05) is 12.2 Å². The van der Waals surface area contributed by atoms with Crippen LogP contribution in [0.15, 0.2) is 24.3 Å². The van der Waals surface area contributed by atoms with Crippen LogP contribution in [0.5, 0.6) is 5.75 Å². The van der Waals surface area contributed by atoms with Gasteiger partial charge in [-0.05, 0) is 30.0 Å². The predicted octanol–water partition coefficient (Wildman–Crippen LogP) is -0.592. The van der Waals surface area contributed by atoms with Crippen molar-refractivity contribution < 1.29 is 29.4 Å². The molecule has 0 aliphatic rings. The first-order chi connectivity index (χ1) is 14.5. The van der Waals surface area contributed by atoms with Gasteiger partial charge < -0.3 is 31.9 Å². The van der Waals surface area contributed by atoms with Crippen LogP contribution in [0, 0.1) is 5.92 Å². The number of phenolic OH excluding ortho intramolecular Hbond substituents is 1. The number of hydrogen-bond acceptors (Lipinski definition) is 7. The molecule has 3 amide bonds. The summed E-state index contributed by atoms with van der Waals surface area (Å²) < 4.78 is 0. The molecule has 172 valence electrons. The maximum Gasteiger partial charge on any atom is 0.322 e. The summed E-state index contributed by atoms with van der Waals surface area (Å²) in [5, 5.41) is 25.5. The molecule has 0 radical (unpaired) electrons. The van der Waals surface area contributed by atoms with Crippen molar-refractivity contribution in [3.63, 3.8) is 0 Å². The number of hydrogen-bond donors (Lipinski definition) is 7. The molecule has 0 aliphatic heterocycles. The van der Waals surface area contributed by atoms with E-state index in [1.807, 2.05) is 13.8 Å². The number of rotatable bonds is 12. The van der Waals surface area contributed by atoms with Crippen LogP contribution < -0.4 is 21.7 Å². The third-order valence-corrected chi connectivity index (χ3v) is 4.67. The maximum absolute atomic E-state index is 12.7. The standard InChI is InChI=1S/C20H30N4O6S/c1-11(2)7-14(21)18(28)24-16(10-31)20(30)23-15(19(29)22-9-17(26)27)8-12-3-5-13(25)6-4-12/h3-6,11,14-16,25,31H,7-10,21H2,1-2H3,(H,22,29)(H,23,30)(H,24,28)(H,26,27). The zero-order valence-corrected chi connectivity index (χ0v) is 18.4. The fourth-order valence-corrected chi connectivity index (χ4v) is 2.98. The summed E-state index contributed by atoms with van der Waals surface area (Å²) in [6.07, 6.45) is 0.478. The van der Waals surface area contributed by atoms with Crippen molar-refractivity contribution in [3.8, 4) is 5.75 Å². The quantitative estimate of drug-likeness (QED) is 0.207. The number of thiol groups is 1. The number of carboxylic acid groups (broad SMARTS) is 1. The molecule has 3 atom stereocenters. The van der Waals surface area contributed by atoms with Crippen molar-refractivity contribution in [2.24, 2.45) is 11.7 Å². The Labute approximate surface area is 186 Å². The van der Waals surface area contributed by atoms with E-state index in [1.165, 1.54) is 12.1 Å². The fourth-order valence-electron chi connectivity index (χ4n) is 2.72. The van der Waals surface area contributed by atoms with Crippen LogP contribution in [-0.2, 0) is 25.6 Å². The van der Waals surface area contributed by atoms with Crippen LogP contribution in [0.3, 0.4) is 0 Å². The minimum absolute atomic E-state index is 0.0331. The fraction of sp³-hybridized carbons (Fsp3) is 0.500. The number of carbonyl (C=O) groups is 4. The van der Waals surface area contributed by atoms with Gasteiger partial charge in [-0.2, -0.15) is 12.6 Å². The summed E-state index contributed by atoms with van der Waals surface area (Å²) in [7, 11) is 0. The van der Waals surface area contributed by atoms with Crippen molar-refractivity contribution in [1.29, 1.82) is 0 Å². The number of benzene rings is 1. The average molecular weight is 455 g/mol. The van der Waals surface area contributed by atoms with Crippen molar-refractivity contribution in [1.82, 2.24) is 16.0 Å². The van der Waals surface area contributed by atoms with Gasteiger partial charge in [-0.25, -0.2) is 0 Å². The van der Waals surface area contributed by atoms with Gasteiger partial charge in [-0.15, -0.1) is 0 Å². The Morgan fingerprint density at radius 3 is 2.10 bits per heavy atom. The van der Waals surface area contributed by atoms with Gasteiger partial charge in [-0.3, -0.25) is 19.2 Å². The van der Waals surface area contributed by atoms with E-state index in [4.69, 9.17) is 10.8 Å². The Hall–Kier alpha value is -2.79. The molecule has 31 heavy (non-hydrogen) atoms. The van der Waals surface area contributed by atoms with Crippen molar-refractivity contribution in [2.75, 3.05) is 12.3 Å². The van der Waals surface area contributed by atoms with Gasteiger partial charge in [0.05, 0.1) is 6.04 Å². The van der Waals surface area contributed by atoms with E-state index in [-0.39, 0.29) is 23.8 Å². The van der Waals surface area contributed by atoms with Crippen LogP contribution in [0.2, 0.25) is 0 Å². The number of carboxylic acids is 1. The lowest BCUT2D eigenvalue weighted by Crippen LogP contribution is -2.57. The summed E-state index contributed by atoms with van der Waals surface area (Å²) >= 11 is 4.10. The van der Waals surface area contributed by atoms with Gasteiger partial charge in [0.1, 0.15) is 24.4 Å². The Bertz CT molecular complexity index is 771. The molecule has 7 N–H and O–H groups in total. The number of carbonyl (C=O) groups excluding carboxylic acids is 3. The topological polar surface area (TPSA) is 171 Å². The molecule has 1 rings (SSSR count). The highest BCUT2D eigenvalue weighted by atomic mass is 32.1. The second-order valence-electron chi connectivity index (χ2n) is 7.52. The zero-order valence-electron chi connectivity index (χ0n) is 17.5. The normalized spacial score (nSPS) is 13.7. The first-order valence-corrected chi connectivity index (χ1v) is 10.4. The highest BCUT2D eigenvalue weighted by Gasteiger charge is 2.28. The molecule has 11 heteroatoms. The second-order valence-corrected chi connectivity index (χ2v) is 7.89. The van der Waals surface area contributed by atoms with E-state index in [2.05, 4.69) is 28.6 Å².